The molecule has 0 aliphatic carbocycles. The first-order valence-corrected chi connectivity index (χ1v) is 10.3. The summed E-state index contributed by atoms with van der Waals surface area (Å²) in [6, 6.07) is 11.1. The molecule has 5 rings (SSSR count). The lowest BCUT2D eigenvalue weighted by Crippen LogP contribution is -2.42. The molecule has 0 saturated carbocycles. The maximum absolute atomic E-state index is 13.5. The Balaban J connectivity index is 1.30. The molecule has 0 spiro atoms. The van der Waals surface area contributed by atoms with Crippen LogP contribution in [0.3, 0.4) is 0 Å². The van der Waals surface area contributed by atoms with Crippen LogP contribution in [0.2, 0.25) is 0 Å². The zero-order chi connectivity index (χ0) is 21.5. The van der Waals surface area contributed by atoms with Gasteiger partial charge in [-0.3, -0.25) is 9.59 Å². The lowest BCUT2D eigenvalue weighted by molar-refractivity contribution is -0.139. The number of carbonyl (C=O) groups excluding carboxylic acids is 2. The summed E-state index contributed by atoms with van der Waals surface area (Å²) in [5.41, 5.74) is 3.54. The number of carbonyl (C=O) groups is 2. The second-order valence-electron chi connectivity index (χ2n) is 7.97. The number of aromatic amines is 1. The summed E-state index contributed by atoms with van der Waals surface area (Å²) >= 11 is 0. The summed E-state index contributed by atoms with van der Waals surface area (Å²) in [6.07, 6.45) is 5.07. The molecule has 1 atom stereocenters. The Morgan fingerprint density at radius 1 is 1.06 bits per heavy atom. The zero-order valence-corrected chi connectivity index (χ0v) is 16.8. The molecule has 1 N–H and O–H groups in total. The first kappa shape index (κ1) is 19.5. The maximum atomic E-state index is 13.5. The van der Waals surface area contributed by atoms with Crippen molar-refractivity contribution in [2.75, 3.05) is 24.5 Å². The number of nitrogens with one attached hydrogen (secondary N) is 1. The molecule has 3 aromatic rings. The van der Waals surface area contributed by atoms with E-state index in [-0.39, 0.29) is 18.1 Å². The van der Waals surface area contributed by atoms with Crippen LogP contribution in [-0.4, -0.2) is 41.3 Å². The average Bonchev–Trinajstić information content (AvgIpc) is 3.36. The van der Waals surface area contributed by atoms with Crippen molar-refractivity contribution in [1.29, 1.82) is 0 Å². The molecule has 7 heteroatoms. The number of hydrogen-bond acceptors (Lipinski definition) is 2. The van der Waals surface area contributed by atoms with Gasteiger partial charge in [0.15, 0.2) is 0 Å². The van der Waals surface area contributed by atoms with Crippen molar-refractivity contribution in [3.8, 4) is 0 Å². The molecule has 158 valence electrons. The SMILES string of the molecule is O=C(C1CCN(c2cc(F)cc(F)c2)C1=O)N1CC=C(c2c[nH]c3ccccc23)CC1. The van der Waals surface area contributed by atoms with Crippen LogP contribution in [0.4, 0.5) is 14.5 Å². The standard InChI is InChI=1S/C24H21F2N3O2/c25-16-11-17(26)13-18(12-16)29-10-7-20(24(29)31)23(30)28-8-5-15(6-9-28)21-14-27-22-4-2-1-3-19(21)22/h1-5,11-14,20,27H,6-10H2. The number of nitrogens with zero attached hydrogens (tertiary/aromatic N) is 2. The minimum absolute atomic E-state index is 0.151. The third-order valence-electron chi connectivity index (χ3n) is 6.12. The van der Waals surface area contributed by atoms with Crippen LogP contribution in [0.5, 0.6) is 0 Å². The summed E-state index contributed by atoms with van der Waals surface area (Å²) in [5, 5.41) is 1.15. The van der Waals surface area contributed by atoms with Crippen LogP contribution in [0.15, 0.2) is 54.7 Å². The van der Waals surface area contributed by atoms with Gasteiger partial charge in [0, 0.05) is 54.1 Å². The molecule has 31 heavy (non-hydrogen) atoms. The van der Waals surface area contributed by atoms with Gasteiger partial charge in [0.2, 0.25) is 11.8 Å². The number of halogens is 2. The molecule has 2 aliphatic rings. The van der Waals surface area contributed by atoms with Crippen molar-refractivity contribution >= 4 is 34.0 Å². The Morgan fingerprint density at radius 3 is 2.58 bits per heavy atom. The predicted octanol–water partition coefficient (Wildman–Crippen LogP) is 4.11. The molecule has 5 nitrogen and oxygen atoms in total. The van der Waals surface area contributed by atoms with Crippen LogP contribution in [0.1, 0.15) is 18.4 Å². The summed E-state index contributed by atoms with van der Waals surface area (Å²) in [4.78, 5) is 32.1. The van der Waals surface area contributed by atoms with Gasteiger partial charge in [-0.25, -0.2) is 8.78 Å². The predicted molar refractivity (Wildman–Crippen MR) is 114 cm³/mol. The Bertz CT molecular complexity index is 1200. The Morgan fingerprint density at radius 2 is 1.84 bits per heavy atom. The Hall–Kier alpha value is -3.48. The average molecular weight is 421 g/mol. The first-order valence-electron chi connectivity index (χ1n) is 10.3. The van der Waals surface area contributed by atoms with Crippen LogP contribution in [0, 0.1) is 17.6 Å². The molecule has 2 amide bonds. The monoisotopic (exact) mass is 421 g/mol. The van der Waals surface area contributed by atoms with Gasteiger partial charge in [0.25, 0.3) is 0 Å². The fraction of sp³-hybridized carbons (Fsp3) is 0.250. The molecule has 2 aliphatic heterocycles. The second kappa shape index (κ2) is 7.65. The van der Waals surface area contributed by atoms with Crippen molar-refractivity contribution in [1.82, 2.24) is 9.88 Å². The largest absolute Gasteiger partial charge is 0.361 e. The molecule has 0 radical (unpaired) electrons. The minimum atomic E-state index is -0.811. The number of hydrogen-bond donors (Lipinski definition) is 1. The summed E-state index contributed by atoms with van der Waals surface area (Å²) < 4.78 is 27.1. The van der Waals surface area contributed by atoms with Crippen molar-refractivity contribution in [3.05, 3.63) is 71.9 Å². The first-order chi connectivity index (χ1) is 15.0. The number of rotatable bonds is 3. The van der Waals surface area contributed by atoms with E-state index in [2.05, 4.69) is 11.1 Å². The highest BCUT2D eigenvalue weighted by molar-refractivity contribution is 6.09. The van der Waals surface area contributed by atoms with E-state index in [1.807, 2.05) is 30.5 Å². The van der Waals surface area contributed by atoms with E-state index >= 15 is 0 Å². The maximum Gasteiger partial charge on any atom is 0.239 e. The topological polar surface area (TPSA) is 56.4 Å². The van der Waals surface area contributed by atoms with E-state index in [1.165, 1.54) is 10.5 Å². The smallest absolute Gasteiger partial charge is 0.239 e. The Labute approximate surface area is 178 Å². The second-order valence-corrected chi connectivity index (χ2v) is 7.97. The number of benzene rings is 2. The van der Waals surface area contributed by atoms with Gasteiger partial charge in [0.05, 0.1) is 0 Å². The van der Waals surface area contributed by atoms with E-state index in [4.69, 9.17) is 0 Å². The number of amides is 2. The fourth-order valence-corrected chi connectivity index (χ4v) is 4.53. The molecule has 2 aromatic carbocycles. The van der Waals surface area contributed by atoms with Gasteiger partial charge in [-0.2, -0.15) is 0 Å². The van der Waals surface area contributed by atoms with Gasteiger partial charge in [-0.05, 0) is 36.6 Å². The highest BCUT2D eigenvalue weighted by Crippen LogP contribution is 2.31. The summed E-state index contributed by atoms with van der Waals surface area (Å²) in [5.74, 6) is -2.93. The van der Waals surface area contributed by atoms with Crippen LogP contribution < -0.4 is 4.90 Å². The number of para-hydroxylation sites is 1. The van der Waals surface area contributed by atoms with E-state index < -0.39 is 23.5 Å². The molecule has 1 fully saturated rings. The van der Waals surface area contributed by atoms with E-state index in [1.54, 1.807) is 4.90 Å². The Kier molecular flexibility index (Phi) is 4.81. The minimum Gasteiger partial charge on any atom is -0.361 e. The fourth-order valence-electron chi connectivity index (χ4n) is 4.53. The van der Waals surface area contributed by atoms with Crippen LogP contribution >= 0.6 is 0 Å². The third-order valence-corrected chi connectivity index (χ3v) is 6.12. The van der Waals surface area contributed by atoms with Crippen LogP contribution in [0.25, 0.3) is 16.5 Å². The van der Waals surface area contributed by atoms with Crippen molar-refractivity contribution in [2.24, 2.45) is 5.92 Å². The molecular weight excluding hydrogens is 400 g/mol. The number of fused-ring (bicyclic) bond motifs is 1. The summed E-state index contributed by atoms with van der Waals surface area (Å²) in [7, 11) is 0. The molecule has 1 saturated heterocycles. The molecule has 3 heterocycles. The van der Waals surface area contributed by atoms with E-state index in [0.717, 1.165) is 34.7 Å². The van der Waals surface area contributed by atoms with E-state index in [0.29, 0.717) is 25.9 Å². The van der Waals surface area contributed by atoms with Crippen LogP contribution in [-0.2, 0) is 9.59 Å². The van der Waals surface area contributed by atoms with Gasteiger partial charge in [0.1, 0.15) is 17.6 Å². The molecule has 1 unspecified atom stereocenters. The highest BCUT2D eigenvalue weighted by Gasteiger charge is 2.40. The number of anilines is 1. The normalized spacial score (nSPS) is 19.2. The zero-order valence-electron chi connectivity index (χ0n) is 16.8. The molecule has 1 aromatic heterocycles. The molecule has 0 bridgehead atoms. The van der Waals surface area contributed by atoms with Crippen molar-refractivity contribution in [2.45, 2.75) is 12.8 Å². The highest BCUT2D eigenvalue weighted by atomic mass is 19.1. The van der Waals surface area contributed by atoms with Gasteiger partial charge < -0.3 is 14.8 Å². The lowest BCUT2D eigenvalue weighted by atomic mass is 9.97. The summed E-state index contributed by atoms with van der Waals surface area (Å²) in [6.45, 7) is 1.23. The van der Waals surface area contributed by atoms with Gasteiger partial charge in [-0.15, -0.1) is 0 Å². The molecular formula is C24H21F2N3O2. The van der Waals surface area contributed by atoms with Gasteiger partial charge in [-0.1, -0.05) is 24.3 Å². The quantitative estimate of drug-likeness (QED) is 0.647. The third kappa shape index (κ3) is 3.50. The lowest BCUT2D eigenvalue weighted by Gasteiger charge is -2.28. The van der Waals surface area contributed by atoms with Gasteiger partial charge >= 0.3 is 0 Å². The van der Waals surface area contributed by atoms with Crippen molar-refractivity contribution in [3.63, 3.8) is 0 Å². The van der Waals surface area contributed by atoms with Crippen molar-refractivity contribution < 1.29 is 18.4 Å². The number of aromatic nitrogens is 1. The number of H-pyrrole nitrogens is 1. The van der Waals surface area contributed by atoms with E-state index in [9.17, 15) is 18.4 Å².